The van der Waals surface area contributed by atoms with Gasteiger partial charge in [-0.1, -0.05) is 24.3 Å². The molecule has 5 nitrogen and oxygen atoms in total. The van der Waals surface area contributed by atoms with Crippen molar-refractivity contribution in [2.24, 2.45) is 5.10 Å². The highest BCUT2D eigenvalue weighted by Gasteiger charge is 2.17. The molecule has 0 fully saturated rings. The summed E-state index contributed by atoms with van der Waals surface area (Å²) in [7, 11) is 0. The van der Waals surface area contributed by atoms with Crippen molar-refractivity contribution in [2.75, 3.05) is 6.61 Å². The van der Waals surface area contributed by atoms with E-state index < -0.39 is 0 Å². The molecule has 0 aliphatic heterocycles. The Bertz CT molecular complexity index is 789. The molecule has 114 valence electrons. The molecule has 2 aromatic rings. The number of hydrazone groups is 1. The molecule has 0 spiro atoms. The highest BCUT2D eigenvalue weighted by Crippen LogP contribution is 2.21. The molecule has 1 aliphatic rings. The molecule has 5 heteroatoms. The highest BCUT2D eigenvalue weighted by atomic mass is 16.5. The van der Waals surface area contributed by atoms with Gasteiger partial charge in [0.15, 0.2) is 6.61 Å². The number of fused-ring (bicyclic) bond motifs is 1. The Hall–Kier alpha value is -3.13. The van der Waals surface area contributed by atoms with Gasteiger partial charge in [-0.25, -0.2) is 5.43 Å². The number of ether oxygens (including phenoxy) is 1. The second kappa shape index (κ2) is 6.75. The molecule has 0 atom stereocenters. The molecule has 3 rings (SSSR count). The number of benzene rings is 2. The predicted octanol–water partition coefficient (Wildman–Crippen LogP) is 2.40. The lowest BCUT2D eigenvalue weighted by Crippen LogP contribution is -2.25. The fraction of sp³-hybridized carbons (Fsp3) is 0.167. The van der Waals surface area contributed by atoms with Crippen molar-refractivity contribution in [3.8, 4) is 11.8 Å². The predicted molar refractivity (Wildman–Crippen MR) is 86.1 cm³/mol. The summed E-state index contributed by atoms with van der Waals surface area (Å²) in [6, 6.07) is 16.7. The van der Waals surface area contributed by atoms with Crippen LogP contribution in [0.3, 0.4) is 0 Å². The topological polar surface area (TPSA) is 74.5 Å². The van der Waals surface area contributed by atoms with Gasteiger partial charge in [0.2, 0.25) is 0 Å². The minimum absolute atomic E-state index is 0.121. The van der Waals surface area contributed by atoms with Gasteiger partial charge in [-0.05, 0) is 42.7 Å². The van der Waals surface area contributed by atoms with Crippen molar-refractivity contribution in [2.45, 2.75) is 12.8 Å². The minimum atomic E-state index is -0.314. The summed E-state index contributed by atoms with van der Waals surface area (Å²) >= 11 is 0. The monoisotopic (exact) mass is 305 g/mol. The van der Waals surface area contributed by atoms with Crippen LogP contribution in [0.5, 0.6) is 5.75 Å². The number of nitrogens with zero attached hydrogens (tertiary/aromatic N) is 2. The number of rotatable bonds is 4. The zero-order valence-corrected chi connectivity index (χ0v) is 12.5. The van der Waals surface area contributed by atoms with Crippen LogP contribution in [-0.2, 0) is 11.2 Å². The molecular weight excluding hydrogens is 290 g/mol. The molecule has 0 unspecified atom stereocenters. The third-order valence-corrected chi connectivity index (χ3v) is 3.63. The summed E-state index contributed by atoms with van der Waals surface area (Å²) in [5.74, 6) is 0.226. The van der Waals surface area contributed by atoms with Gasteiger partial charge in [-0.3, -0.25) is 4.79 Å². The van der Waals surface area contributed by atoms with E-state index in [1.165, 1.54) is 5.56 Å². The number of aryl methyl sites for hydroxylation is 1. The molecule has 0 aromatic heterocycles. The molecule has 1 amide bonds. The molecule has 0 bridgehead atoms. The van der Waals surface area contributed by atoms with Crippen LogP contribution >= 0.6 is 0 Å². The van der Waals surface area contributed by atoms with Gasteiger partial charge in [0, 0.05) is 5.56 Å². The summed E-state index contributed by atoms with van der Waals surface area (Å²) in [5, 5.41) is 12.9. The highest BCUT2D eigenvalue weighted by molar-refractivity contribution is 6.04. The van der Waals surface area contributed by atoms with Crippen molar-refractivity contribution in [3.63, 3.8) is 0 Å². The van der Waals surface area contributed by atoms with E-state index >= 15 is 0 Å². The van der Waals surface area contributed by atoms with E-state index in [1.807, 2.05) is 24.3 Å². The average molecular weight is 305 g/mol. The lowest BCUT2D eigenvalue weighted by molar-refractivity contribution is -0.123. The van der Waals surface area contributed by atoms with Crippen LogP contribution in [0.4, 0.5) is 0 Å². The van der Waals surface area contributed by atoms with Crippen molar-refractivity contribution >= 4 is 11.6 Å². The smallest absolute Gasteiger partial charge is 0.277 e. The normalized spacial score (nSPS) is 14.1. The first kappa shape index (κ1) is 14.8. The fourth-order valence-electron chi connectivity index (χ4n) is 2.46. The quantitative estimate of drug-likeness (QED) is 0.881. The number of nitrogens with one attached hydrogen (secondary N) is 1. The second-order valence-electron chi connectivity index (χ2n) is 5.18. The Kier molecular flexibility index (Phi) is 4.34. The van der Waals surface area contributed by atoms with Gasteiger partial charge in [0.1, 0.15) is 5.75 Å². The van der Waals surface area contributed by atoms with Crippen LogP contribution < -0.4 is 10.2 Å². The van der Waals surface area contributed by atoms with E-state index in [0.29, 0.717) is 11.3 Å². The molecule has 23 heavy (non-hydrogen) atoms. The standard InChI is InChI=1S/C18H15N3O2/c19-11-13-5-8-15(9-6-13)23-12-18(22)21-20-17-10-7-14-3-1-2-4-16(14)17/h1-6,8-9H,7,10,12H2,(H,21,22)/b20-17+. The number of amides is 1. The summed E-state index contributed by atoms with van der Waals surface area (Å²) in [5.41, 5.74) is 6.33. The average Bonchev–Trinajstić information content (AvgIpc) is 3.02. The van der Waals surface area contributed by atoms with Gasteiger partial charge in [-0.15, -0.1) is 0 Å². The van der Waals surface area contributed by atoms with Crippen LogP contribution in [0.2, 0.25) is 0 Å². The van der Waals surface area contributed by atoms with Crippen LogP contribution in [0.25, 0.3) is 0 Å². The zero-order chi connectivity index (χ0) is 16.1. The SMILES string of the molecule is N#Cc1ccc(OCC(=O)N/N=C2\CCc3ccccc32)cc1. The Labute approximate surface area is 134 Å². The van der Waals surface area contributed by atoms with Gasteiger partial charge in [0.05, 0.1) is 17.3 Å². The number of hydrogen-bond donors (Lipinski definition) is 1. The van der Waals surface area contributed by atoms with Crippen LogP contribution in [0, 0.1) is 11.3 Å². The zero-order valence-electron chi connectivity index (χ0n) is 12.5. The first-order valence-corrected chi connectivity index (χ1v) is 7.33. The van der Waals surface area contributed by atoms with Crippen molar-refractivity contribution in [3.05, 3.63) is 65.2 Å². The van der Waals surface area contributed by atoms with Crippen molar-refractivity contribution < 1.29 is 9.53 Å². The summed E-state index contributed by atoms with van der Waals surface area (Å²) < 4.78 is 5.36. The maximum atomic E-state index is 11.8. The first-order chi connectivity index (χ1) is 11.3. The molecule has 0 saturated carbocycles. The Balaban J connectivity index is 1.54. The van der Waals surface area contributed by atoms with E-state index in [0.717, 1.165) is 24.1 Å². The molecule has 1 aliphatic carbocycles. The summed E-state index contributed by atoms with van der Waals surface area (Å²) in [6.45, 7) is -0.121. The summed E-state index contributed by atoms with van der Waals surface area (Å²) in [6.07, 6.45) is 1.78. The lowest BCUT2D eigenvalue weighted by Gasteiger charge is -2.05. The number of hydrogen-bond acceptors (Lipinski definition) is 4. The minimum Gasteiger partial charge on any atom is -0.484 e. The second-order valence-corrected chi connectivity index (χ2v) is 5.18. The molecule has 0 heterocycles. The van der Waals surface area contributed by atoms with Gasteiger partial charge < -0.3 is 4.74 Å². The van der Waals surface area contributed by atoms with Crippen LogP contribution in [0.15, 0.2) is 53.6 Å². The molecule has 0 saturated heterocycles. The maximum Gasteiger partial charge on any atom is 0.277 e. The number of nitriles is 1. The molecule has 0 radical (unpaired) electrons. The third kappa shape index (κ3) is 3.55. The number of carbonyl (C=O) groups is 1. The molecule has 2 aromatic carbocycles. The summed E-state index contributed by atoms with van der Waals surface area (Å²) in [4.78, 5) is 11.8. The third-order valence-electron chi connectivity index (χ3n) is 3.63. The number of carbonyl (C=O) groups excluding carboxylic acids is 1. The van der Waals surface area contributed by atoms with Gasteiger partial charge >= 0.3 is 0 Å². The van der Waals surface area contributed by atoms with Gasteiger partial charge in [-0.2, -0.15) is 10.4 Å². The Morgan fingerprint density at radius 3 is 2.74 bits per heavy atom. The maximum absolute atomic E-state index is 11.8. The molecule has 1 N–H and O–H groups in total. The van der Waals surface area contributed by atoms with E-state index in [-0.39, 0.29) is 12.5 Å². The Morgan fingerprint density at radius 1 is 1.17 bits per heavy atom. The van der Waals surface area contributed by atoms with Crippen molar-refractivity contribution in [1.82, 2.24) is 5.43 Å². The van der Waals surface area contributed by atoms with Crippen LogP contribution in [0.1, 0.15) is 23.1 Å². The van der Waals surface area contributed by atoms with Crippen molar-refractivity contribution in [1.29, 1.82) is 5.26 Å². The van der Waals surface area contributed by atoms with Gasteiger partial charge in [0.25, 0.3) is 5.91 Å². The van der Waals surface area contributed by atoms with E-state index in [9.17, 15) is 4.79 Å². The van der Waals surface area contributed by atoms with E-state index in [4.69, 9.17) is 10.00 Å². The largest absolute Gasteiger partial charge is 0.484 e. The fourth-order valence-corrected chi connectivity index (χ4v) is 2.46. The molecular formula is C18H15N3O2. The first-order valence-electron chi connectivity index (χ1n) is 7.33. The van der Waals surface area contributed by atoms with E-state index in [2.05, 4.69) is 16.6 Å². The lowest BCUT2D eigenvalue weighted by atomic mass is 10.1. The van der Waals surface area contributed by atoms with E-state index in [1.54, 1.807) is 24.3 Å². The van der Waals surface area contributed by atoms with Crippen LogP contribution in [-0.4, -0.2) is 18.2 Å². The Morgan fingerprint density at radius 2 is 1.96 bits per heavy atom.